The summed E-state index contributed by atoms with van der Waals surface area (Å²) in [6.45, 7) is 0.746. The third-order valence-corrected chi connectivity index (χ3v) is 7.31. The summed E-state index contributed by atoms with van der Waals surface area (Å²) in [6, 6.07) is 7.96. The van der Waals surface area contributed by atoms with E-state index >= 15 is 0 Å². The monoisotopic (exact) mass is 433 g/mol. The van der Waals surface area contributed by atoms with Gasteiger partial charge in [-0.1, -0.05) is 6.08 Å². The van der Waals surface area contributed by atoms with E-state index in [9.17, 15) is 17.4 Å². The Morgan fingerprint density at radius 1 is 1.24 bits per heavy atom. The van der Waals surface area contributed by atoms with Crippen molar-refractivity contribution in [2.45, 2.75) is 11.3 Å². The second kappa shape index (κ2) is 7.56. The van der Waals surface area contributed by atoms with Crippen molar-refractivity contribution in [3.8, 4) is 11.1 Å². The van der Waals surface area contributed by atoms with Gasteiger partial charge in [-0.15, -0.1) is 0 Å². The normalized spacial score (nSPS) is 16.8. The highest BCUT2D eigenvalue weighted by molar-refractivity contribution is 7.90. The fraction of sp³-hybridized carbons (Fsp3) is 0.250. The number of nitrogens with zero attached hydrogens (tertiary/aromatic N) is 2. The van der Waals surface area contributed by atoms with Crippen LogP contribution in [-0.2, 0) is 21.2 Å². The molecule has 0 bridgehead atoms. The quantitative estimate of drug-likeness (QED) is 0.640. The second-order valence-electron chi connectivity index (χ2n) is 7.00. The molecule has 1 atom stereocenters. The van der Waals surface area contributed by atoms with Gasteiger partial charge in [0, 0.05) is 35.9 Å². The van der Waals surface area contributed by atoms with Crippen LogP contribution in [0.5, 0.6) is 0 Å². The summed E-state index contributed by atoms with van der Waals surface area (Å²) in [7, 11) is -3.21. The molecule has 0 saturated heterocycles. The summed E-state index contributed by atoms with van der Waals surface area (Å²) in [5, 5.41) is 0.797. The summed E-state index contributed by atoms with van der Waals surface area (Å²) < 4.78 is 50.9. The predicted octanol–water partition coefficient (Wildman–Crippen LogP) is 3.16. The van der Waals surface area contributed by atoms with Crippen molar-refractivity contribution in [2.24, 2.45) is 0 Å². The standard InChI is InChI=1S/C20H20FN3O3S2/c1-28(25)19-4-3-14(21)11-16(19)15-5-8-22-20-17(15)12-18(23-20)13-6-9-24(10-7-13)29(2,26)27/h3-6,8,11-12H,7,9-10H2,1-2H3,(H,22,23). The maximum absolute atomic E-state index is 13.9. The van der Waals surface area contributed by atoms with Crippen molar-refractivity contribution < 1.29 is 17.4 Å². The van der Waals surface area contributed by atoms with Gasteiger partial charge in [-0.05, 0) is 59.1 Å². The Bertz CT molecular complexity index is 1220. The van der Waals surface area contributed by atoms with E-state index in [1.165, 1.54) is 22.7 Å². The molecule has 0 spiro atoms. The third-order valence-electron chi connectivity index (χ3n) is 5.06. The van der Waals surface area contributed by atoms with Crippen LogP contribution in [0.4, 0.5) is 4.39 Å². The van der Waals surface area contributed by atoms with Gasteiger partial charge < -0.3 is 9.54 Å². The Labute approximate surface area is 171 Å². The summed E-state index contributed by atoms with van der Waals surface area (Å²) in [6.07, 6.45) is 6.88. The van der Waals surface area contributed by atoms with Crippen LogP contribution in [0.1, 0.15) is 12.1 Å². The van der Waals surface area contributed by atoms with E-state index in [0.717, 1.165) is 22.2 Å². The Morgan fingerprint density at radius 3 is 2.69 bits per heavy atom. The van der Waals surface area contributed by atoms with Crippen LogP contribution >= 0.6 is 0 Å². The molecule has 4 rings (SSSR count). The maximum Gasteiger partial charge on any atom is 0.211 e. The molecule has 2 aromatic heterocycles. The number of aromatic nitrogens is 2. The van der Waals surface area contributed by atoms with Crippen molar-refractivity contribution in [3.05, 3.63) is 54.1 Å². The molecule has 1 N–H and O–H groups in total. The first-order chi connectivity index (χ1) is 13.7. The van der Waals surface area contributed by atoms with Gasteiger partial charge in [-0.2, -0.15) is 4.31 Å². The molecule has 0 amide bonds. The van der Waals surface area contributed by atoms with Gasteiger partial charge >= 0.3 is 0 Å². The molecule has 1 aliphatic heterocycles. The average Bonchev–Trinajstić information content (AvgIpc) is 3.11. The van der Waals surface area contributed by atoms with Crippen molar-refractivity contribution in [3.63, 3.8) is 0 Å². The molecule has 3 heterocycles. The van der Waals surface area contributed by atoms with Gasteiger partial charge in [0.05, 0.1) is 6.26 Å². The zero-order valence-corrected chi connectivity index (χ0v) is 17.6. The minimum atomic E-state index is -3.21. The van der Waals surface area contributed by atoms with Gasteiger partial charge in [0.2, 0.25) is 10.0 Å². The molecule has 1 aliphatic rings. The predicted molar refractivity (Wildman–Crippen MR) is 113 cm³/mol. The lowest BCUT2D eigenvalue weighted by Gasteiger charge is -2.23. The Morgan fingerprint density at radius 2 is 2.03 bits per heavy atom. The summed E-state index contributed by atoms with van der Waals surface area (Å²) in [5.41, 5.74) is 3.82. The fourth-order valence-corrected chi connectivity index (χ4v) is 5.10. The van der Waals surface area contributed by atoms with Crippen LogP contribution in [0.25, 0.3) is 27.7 Å². The van der Waals surface area contributed by atoms with Gasteiger partial charge in [0.1, 0.15) is 17.7 Å². The van der Waals surface area contributed by atoms with Crippen molar-refractivity contribution in [2.75, 3.05) is 25.6 Å². The number of rotatable bonds is 4. The van der Waals surface area contributed by atoms with Crippen molar-refractivity contribution >= 4 is 37.8 Å². The molecule has 0 fully saturated rings. The van der Waals surface area contributed by atoms with E-state index in [0.29, 0.717) is 35.6 Å². The molecular formula is C20H20FN3O3S2. The number of pyridine rings is 1. The Kier molecular flexibility index (Phi) is 5.24. The number of hydrogen-bond donors (Lipinski definition) is 1. The number of fused-ring (bicyclic) bond motifs is 1. The maximum atomic E-state index is 13.9. The average molecular weight is 434 g/mol. The number of H-pyrrole nitrogens is 1. The highest BCUT2D eigenvalue weighted by Crippen LogP contribution is 2.35. The summed E-state index contributed by atoms with van der Waals surface area (Å²) >= 11 is -1.27. The zero-order chi connectivity index (χ0) is 20.8. The molecule has 0 saturated carbocycles. The van der Waals surface area contributed by atoms with Crippen LogP contribution in [0.15, 0.2) is 47.5 Å². The number of aromatic amines is 1. The minimum absolute atomic E-state index is 0.326. The van der Waals surface area contributed by atoms with Gasteiger partial charge in [0.15, 0.2) is 4.90 Å². The lowest BCUT2D eigenvalue weighted by Crippen LogP contribution is -2.33. The van der Waals surface area contributed by atoms with E-state index in [1.54, 1.807) is 24.6 Å². The second-order valence-corrected chi connectivity index (χ2v) is 10.3. The van der Waals surface area contributed by atoms with E-state index in [-0.39, 0.29) is 0 Å². The number of halogens is 1. The van der Waals surface area contributed by atoms with Crippen LogP contribution < -0.4 is 0 Å². The summed E-state index contributed by atoms with van der Waals surface area (Å²) in [4.78, 5) is 8.21. The lowest BCUT2D eigenvalue weighted by atomic mass is 10.0. The molecular weight excluding hydrogens is 413 g/mol. The topological polar surface area (TPSA) is 89.1 Å². The molecule has 1 aromatic carbocycles. The molecule has 0 radical (unpaired) electrons. The van der Waals surface area contributed by atoms with E-state index in [1.807, 2.05) is 12.1 Å². The minimum Gasteiger partial charge on any atom is -0.612 e. The van der Waals surface area contributed by atoms with E-state index < -0.39 is 27.0 Å². The number of nitrogens with one attached hydrogen (secondary N) is 1. The first-order valence-electron chi connectivity index (χ1n) is 8.99. The first-order valence-corrected chi connectivity index (χ1v) is 12.4. The van der Waals surface area contributed by atoms with Crippen LogP contribution in [0.3, 0.4) is 0 Å². The molecule has 3 aromatic rings. The first kappa shape index (κ1) is 20.1. The molecule has 9 heteroatoms. The fourth-order valence-electron chi connectivity index (χ4n) is 3.59. The van der Waals surface area contributed by atoms with E-state index in [2.05, 4.69) is 9.97 Å². The van der Waals surface area contributed by atoms with Gasteiger partial charge in [-0.3, -0.25) is 0 Å². The largest absolute Gasteiger partial charge is 0.612 e. The number of benzene rings is 1. The highest BCUT2D eigenvalue weighted by atomic mass is 32.2. The van der Waals surface area contributed by atoms with Crippen LogP contribution in [-0.4, -0.2) is 52.8 Å². The Balaban J connectivity index is 1.78. The number of sulfonamides is 1. The molecule has 152 valence electrons. The highest BCUT2D eigenvalue weighted by Gasteiger charge is 2.22. The number of hydrogen-bond acceptors (Lipinski definition) is 4. The van der Waals surface area contributed by atoms with Crippen LogP contribution in [0.2, 0.25) is 0 Å². The van der Waals surface area contributed by atoms with E-state index in [4.69, 9.17) is 0 Å². The third kappa shape index (κ3) is 3.95. The smallest absolute Gasteiger partial charge is 0.211 e. The Hall–Kier alpha value is -2.20. The molecule has 6 nitrogen and oxygen atoms in total. The SMILES string of the molecule is C[S+]([O-])c1ccc(F)cc1-c1ccnc2[nH]c(C3=CCN(S(C)(=O)=O)CC3)cc12. The molecule has 0 aliphatic carbocycles. The molecule has 29 heavy (non-hydrogen) atoms. The van der Waals surface area contributed by atoms with Crippen molar-refractivity contribution in [1.29, 1.82) is 0 Å². The van der Waals surface area contributed by atoms with Gasteiger partial charge in [0.25, 0.3) is 0 Å². The van der Waals surface area contributed by atoms with Crippen LogP contribution in [0, 0.1) is 5.82 Å². The summed E-state index contributed by atoms with van der Waals surface area (Å²) in [5.74, 6) is -0.397. The zero-order valence-electron chi connectivity index (χ0n) is 16.0. The lowest BCUT2D eigenvalue weighted by molar-refractivity contribution is 0.445. The molecule has 1 unspecified atom stereocenters. The van der Waals surface area contributed by atoms with Crippen molar-refractivity contribution in [1.82, 2.24) is 14.3 Å². The van der Waals surface area contributed by atoms with Gasteiger partial charge in [-0.25, -0.2) is 17.8 Å².